The van der Waals surface area contributed by atoms with Crippen LogP contribution in [0.3, 0.4) is 0 Å². The number of aromatic nitrogens is 1. The lowest BCUT2D eigenvalue weighted by Crippen LogP contribution is -2.29. The summed E-state index contributed by atoms with van der Waals surface area (Å²) in [5.41, 5.74) is 6.54. The van der Waals surface area contributed by atoms with Gasteiger partial charge in [0.25, 0.3) is 0 Å². The van der Waals surface area contributed by atoms with E-state index in [0.717, 1.165) is 12.1 Å². The number of hydrogen-bond acceptors (Lipinski definition) is 3. The summed E-state index contributed by atoms with van der Waals surface area (Å²) < 4.78 is 0. The van der Waals surface area contributed by atoms with Crippen molar-refractivity contribution in [2.45, 2.75) is 19.0 Å². The first-order valence-corrected chi connectivity index (χ1v) is 5.09. The molecule has 0 saturated heterocycles. The summed E-state index contributed by atoms with van der Waals surface area (Å²) in [6.45, 7) is 0.558. The molecule has 2 N–H and O–H groups in total. The molecule has 1 fully saturated rings. The Bertz CT molecular complexity index is 352. The molecule has 1 amide bonds. The highest BCUT2D eigenvalue weighted by molar-refractivity contribution is 5.82. The Morgan fingerprint density at radius 1 is 1.67 bits per heavy atom. The van der Waals surface area contributed by atoms with Crippen molar-refractivity contribution in [2.24, 2.45) is 11.7 Å². The van der Waals surface area contributed by atoms with Crippen LogP contribution in [0.1, 0.15) is 12.1 Å². The fourth-order valence-corrected chi connectivity index (χ4v) is 1.59. The van der Waals surface area contributed by atoms with E-state index >= 15 is 0 Å². The van der Waals surface area contributed by atoms with Crippen LogP contribution in [0, 0.1) is 5.92 Å². The second kappa shape index (κ2) is 3.98. The van der Waals surface area contributed by atoms with E-state index in [1.54, 1.807) is 18.1 Å². The summed E-state index contributed by atoms with van der Waals surface area (Å²) in [5, 5.41) is 0. The van der Waals surface area contributed by atoms with Crippen LogP contribution in [0.2, 0.25) is 0 Å². The topological polar surface area (TPSA) is 59.2 Å². The second-order valence-corrected chi connectivity index (χ2v) is 4.02. The molecule has 0 radical (unpaired) electrons. The van der Waals surface area contributed by atoms with E-state index in [1.165, 1.54) is 0 Å². The third kappa shape index (κ3) is 2.33. The maximum Gasteiger partial charge on any atom is 0.227 e. The Kier molecular flexibility index (Phi) is 2.68. The predicted molar refractivity (Wildman–Crippen MR) is 56.8 cm³/mol. The van der Waals surface area contributed by atoms with Gasteiger partial charge in [0, 0.05) is 19.3 Å². The van der Waals surface area contributed by atoms with Crippen molar-refractivity contribution >= 4 is 5.91 Å². The van der Waals surface area contributed by atoms with Gasteiger partial charge in [-0.1, -0.05) is 6.07 Å². The molecule has 1 aliphatic rings. The fraction of sp³-hybridized carbons (Fsp3) is 0.455. The molecule has 0 spiro atoms. The van der Waals surface area contributed by atoms with Crippen LogP contribution in [-0.2, 0) is 11.3 Å². The molecule has 1 heterocycles. The Labute approximate surface area is 89.1 Å². The van der Waals surface area contributed by atoms with Crippen molar-refractivity contribution < 1.29 is 4.79 Å². The molecule has 0 aliphatic heterocycles. The van der Waals surface area contributed by atoms with Gasteiger partial charge in [-0.25, -0.2) is 0 Å². The standard InChI is InChI=1S/C11H15N3O/c1-14(11(15)9-6-10(9)12)7-8-4-2-3-5-13-8/h2-5,9-10H,6-7,12H2,1H3. The van der Waals surface area contributed by atoms with Crippen LogP contribution in [0.15, 0.2) is 24.4 Å². The van der Waals surface area contributed by atoms with E-state index in [1.807, 2.05) is 18.2 Å². The minimum Gasteiger partial charge on any atom is -0.340 e. The van der Waals surface area contributed by atoms with E-state index in [-0.39, 0.29) is 17.9 Å². The molecule has 2 rings (SSSR count). The molecule has 4 nitrogen and oxygen atoms in total. The van der Waals surface area contributed by atoms with Crippen LogP contribution in [0.4, 0.5) is 0 Å². The largest absolute Gasteiger partial charge is 0.340 e. The Morgan fingerprint density at radius 3 is 2.93 bits per heavy atom. The summed E-state index contributed by atoms with van der Waals surface area (Å²) in [5.74, 6) is 0.173. The average molecular weight is 205 g/mol. The van der Waals surface area contributed by atoms with Gasteiger partial charge in [0.05, 0.1) is 18.2 Å². The van der Waals surface area contributed by atoms with Gasteiger partial charge in [0.15, 0.2) is 0 Å². The Hall–Kier alpha value is -1.42. The van der Waals surface area contributed by atoms with Crippen molar-refractivity contribution in [2.75, 3.05) is 7.05 Å². The van der Waals surface area contributed by atoms with Crippen molar-refractivity contribution in [3.8, 4) is 0 Å². The molecule has 80 valence electrons. The van der Waals surface area contributed by atoms with Gasteiger partial charge in [0.2, 0.25) is 5.91 Å². The molecular formula is C11H15N3O. The van der Waals surface area contributed by atoms with E-state index in [9.17, 15) is 4.79 Å². The Morgan fingerprint density at radius 2 is 2.40 bits per heavy atom. The van der Waals surface area contributed by atoms with Crippen LogP contribution in [-0.4, -0.2) is 28.9 Å². The van der Waals surface area contributed by atoms with Crippen LogP contribution >= 0.6 is 0 Å². The summed E-state index contributed by atoms with van der Waals surface area (Å²) in [6.07, 6.45) is 2.56. The first-order valence-electron chi connectivity index (χ1n) is 5.09. The minimum absolute atomic E-state index is 0.0405. The zero-order chi connectivity index (χ0) is 10.8. The molecule has 1 saturated carbocycles. The third-order valence-electron chi connectivity index (χ3n) is 2.66. The highest BCUT2D eigenvalue weighted by Crippen LogP contribution is 2.29. The first-order chi connectivity index (χ1) is 7.18. The summed E-state index contributed by atoms with van der Waals surface area (Å²) in [7, 11) is 1.79. The molecule has 2 atom stereocenters. The van der Waals surface area contributed by atoms with Crippen molar-refractivity contribution in [1.82, 2.24) is 9.88 Å². The zero-order valence-corrected chi connectivity index (χ0v) is 8.76. The number of carbonyl (C=O) groups excluding carboxylic acids is 1. The molecule has 0 aromatic carbocycles. The summed E-state index contributed by atoms with van der Waals surface area (Å²) in [6, 6.07) is 5.77. The van der Waals surface area contributed by atoms with Crippen LogP contribution < -0.4 is 5.73 Å². The molecule has 15 heavy (non-hydrogen) atoms. The van der Waals surface area contributed by atoms with Gasteiger partial charge in [-0.2, -0.15) is 0 Å². The van der Waals surface area contributed by atoms with Gasteiger partial charge >= 0.3 is 0 Å². The summed E-state index contributed by atoms with van der Waals surface area (Å²) in [4.78, 5) is 17.6. The van der Waals surface area contributed by atoms with E-state index in [4.69, 9.17) is 5.73 Å². The van der Waals surface area contributed by atoms with Gasteiger partial charge < -0.3 is 10.6 Å². The maximum absolute atomic E-state index is 11.7. The fourth-order valence-electron chi connectivity index (χ4n) is 1.59. The van der Waals surface area contributed by atoms with E-state index in [2.05, 4.69) is 4.98 Å². The molecule has 0 bridgehead atoms. The highest BCUT2D eigenvalue weighted by Gasteiger charge is 2.41. The third-order valence-corrected chi connectivity index (χ3v) is 2.66. The quantitative estimate of drug-likeness (QED) is 0.776. The van der Waals surface area contributed by atoms with Gasteiger partial charge in [0.1, 0.15) is 0 Å². The lowest BCUT2D eigenvalue weighted by Gasteiger charge is -2.16. The number of nitrogens with two attached hydrogens (primary N) is 1. The number of carbonyl (C=O) groups is 1. The number of hydrogen-bond donors (Lipinski definition) is 1. The predicted octanol–water partition coefficient (Wildman–Crippen LogP) is 0.387. The minimum atomic E-state index is 0.0405. The zero-order valence-electron chi connectivity index (χ0n) is 8.76. The molecular weight excluding hydrogens is 190 g/mol. The van der Waals surface area contributed by atoms with Crippen LogP contribution in [0.25, 0.3) is 0 Å². The smallest absolute Gasteiger partial charge is 0.227 e. The Balaban J connectivity index is 1.92. The van der Waals surface area contributed by atoms with Gasteiger partial charge in [-0.3, -0.25) is 9.78 Å². The molecule has 4 heteroatoms. The maximum atomic E-state index is 11.7. The average Bonchev–Trinajstić information content (AvgIpc) is 2.96. The second-order valence-electron chi connectivity index (χ2n) is 4.02. The lowest BCUT2D eigenvalue weighted by molar-refractivity contribution is -0.131. The van der Waals surface area contributed by atoms with Gasteiger partial charge in [-0.05, 0) is 18.6 Å². The van der Waals surface area contributed by atoms with Crippen LogP contribution in [0.5, 0.6) is 0 Å². The van der Waals surface area contributed by atoms with Crippen molar-refractivity contribution in [3.63, 3.8) is 0 Å². The number of pyridine rings is 1. The molecule has 1 aromatic heterocycles. The number of nitrogens with zero attached hydrogens (tertiary/aromatic N) is 2. The molecule has 1 aliphatic carbocycles. The monoisotopic (exact) mass is 205 g/mol. The SMILES string of the molecule is CN(Cc1ccccn1)C(=O)C1CC1N. The lowest BCUT2D eigenvalue weighted by atomic mass is 10.3. The summed E-state index contributed by atoms with van der Waals surface area (Å²) >= 11 is 0. The number of rotatable bonds is 3. The molecule has 2 unspecified atom stereocenters. The highest BCUT2D eigenvalue weighted by atomic mass is 16.2. The molecule has 1 aromatic rings. The normalized spacial score (nSPS) is 23.6. The van der Waals surface area contributed by atoms with Gasteiger partial charge in [-0.15, -0.1) is 0 Å². The van der Waals surface area contributed by atoms with Crippen molar-refractivity contribution in [3.05, 3.63) is 30.1 Å². The first kappa shape index (κ1) is 10.1. The number of amides is 1. The van der Waals surface area contributed by atoms with E-state index in [0.29, 0.717) is 6.54 Å². The van der Waals surface area contributed by atoms with E-state index < -0.39 is 0 Å². The van der Waals surface area contributed by atoms with Crippen molar-refractivity contribution in [1.29, 1.82) is 0 Å².